The van der Waals surface area contributed by atoms with Crippen LogP contribution in [0.15, 0.2) is 24.3 Å². The number of benzene rings is 1. The van der Waals surface area contributed by atoms with Crippen LogP contribution in [0, 0.1) is 0 Å². The Bertz CT molecular complexity index is 519. The van der Waals surface area contributed by atoms with Crippen molar-refractivity contribution in [3.8, 4) is 0 Å². The van der Waals surface area contributed by atoms with Crippen molar-refractivity contribution in [1.29, 1.82) is 0 Å². The van der Waals surface area contributed by atoms with E-state index in [0.717, 1.165) is 10.6 Å². The molecule has 0 atom stereocenters. The Balaban J connectivity index is 2.09. The molecule has 0 aliphatic carbocycles. The predicted molar refractivity (Wildman–Crippen MR) is 76.5 cm³/mol. The molecule has 0 bridgehead atoms. The van der Waals surface area contributed by atoms with Gasteiger partial charge in [-0.05, 0) is 45.0 Å². The van der Waals surface area contributed by atoms with Crippen LogP contribution in [0.2, 0.25) is 0 Å². The fourth-order valence-electron chi connectivity index (χ4n) is 1.92. The fraction of sp³-hybridized carbons (Fsp3) is 0.429. The van der Waals surface area contributed by atoms with Crippen molar-refractivity contribution in [2.24, 2.45) is 0 Å². The number of hydrogen-bond acceptors (Lipinski definition) is 4. The lowest BCUT2D eigenvalue weighted by atomic mass is 10.2. The van der Waals surface area contributed by atoms with Crippen molar-refractivity contribution in [2.45, 2.75) is 26.4 Å². The van der Waals surface area contributed by atoms with Gasteiger partial charge in [0.1, 0.15) is 5.60 Å². The quantitative estimate of drug-likeness (QED) is 0.800. The maximum Gasteiger partial charge on any atom is 0.418 e. The normalized spacial score (nSPS) is 15.7. The summed E-state index contributed by atoms with van der Waals surface area (Å²) in [6.45, 7) is 6.07. The second kappa shape index (κ2) is 5.03. The van der Waals surface area contributed by atoms with Crippen LogP contribution in [0.1, 0.15) is 20.8 Å². The van der Waals surface area contributed by atoms with Gasteiger partial charge in [0.05, 0.1) is 6.54 Å². The van der Waals surface area contributed by atoms with Gasteiger partial charge < -0.3 is 10.5 Å². The SMILES string of the molecule is CC(C)(C)OC(=O)N1CCN(c2ccc(N)cc2)C1=O. The van der Waals surface area contributed by atoms with Crippen LogP contribution in [-0.4, -0.2) is 35.7 Å². The van der Waals surface area contributed by atoms with E-state index in [2.05, 4.69) is 0 Å². The second-order valence-corrected chi connectivity index (χ2v) is 5.66. The van der Waals surface area contributed by atoms with Crippen LogP contribution in [0.3, 0.4) is 0 Å². The molecule has 1 aliphatic rings. The lowest BCUT2D eigenvalue weighted by Crippen LogP contribution is -2.40. The molecule has 3 amide bonds. The number of rotatable bonds is 1. The molecular weight excluding hydrogens is 258 g/mol. The van der Waals surface area contributed by atoms with E-state index in [9.17, 15) is 9.59 Å². The van der Waals surface area contributed by atoms with Gasteiger partial charge >= 0.3 is 12.1 Å². The zero-order chi connectivity index (χ0) is 14.9. The maximum atomic E-state index is 12.2. The Hall–Kier alpha value is -2.24. The molecule has 20 heavy (non-hydrogen) atoms. The third-order valence-electron chi connectivity index (χ3n) is 2.83. The highest BCUT2D eigenvalue weighted by atomic mass is 16.6. The topological polar surface area (TPSA) is 75.9 Å². The van der Waals surface area contributed by atoms with Crippen molar-refractivity contribution >= 4 is 23.5 Å². The number of carbonyl (C=O) groups excluding carboxylic acids is 2. The zero-order valence-corrected chi connectivity index (χ0v) is 11.9. The Morgan fingerprint density at radius 3 is 2.35 bits per heavy atom. The second-order valence-electron chi connectivity index (χ2n) is 5.66. The first-order chi connectivity index (χ1) is 9.28. The van der Waals surface area contributed by atoms with Crippen LogP contribution in [-0.2, 0) is 4.74 Å². The summed E-state index contributed by atoms with van der Waals surface area (Å²) in [6, 6.07) is 6.58. The number of nitrogens with two attached hydrogens (primary N) is 1. The van der Waals surface area contributed by atoms with Crippen LogP contribution >= 0.6 is 0 Å². The zero-order valence-electron chi connectivity index (χ0n) is 11.9. The molecule has 0 radical (unpaired) electrons. The molecule has 6 heteroatoms. The number of hydrogen-bond donors (Lipinski definition) is 1. The minimum Gasteiger partial charge on any atom is -0.443 e. The van der Waals surface area contributed by atoms with E-state index in [1.807, 2.05) is 0 Å². The molecule has 1 heterocycles. The van der Waals surface area contributed by atoms with Crippen molar-refractivity contribution in [1.82, 2.24) is 4.90 Å². The number of urea groups is 1. The highest BCUT2D eigenvalue weighted by Gasteiger charge is 2.36. The summed E-state index contributed by atoms with van der Waals surface area (Å²) in [6.07, 6.45) is -0.611. The van der Waals surface area contributed by atoms with Crippen molar-refractivity contribution in [3.05, 3.63) is 24.3 Å². The standard InChI is InChI=1S/C14H19N3O3/c1-14(2,3)20-13(19)17-9-8-16(12(17)18)11-6-4-10(15)5-7-11/h4-7H,8-9,15H2,1-3H3. The van der Waals surface area contributed by atoms with E-state index in [4.69, 9.17) is 10.5 Å². The number of nitrogen functional groups attached to an aromatic ring is 1. The maximum absolute atomic E-state index is 12.2. The highest BCUT2D eigenvalue weighted by Crippen LogP contribution is 2.22. The third kappa shape index (κ3) is 3.01. The Morgan fingerprint density at radius 2 is 1.80 bits per heavy atom. The van der Waals surface area contributed by atoms with Crippen LogP contribution in [0.5, 0.6) is 0 Å². The summed E-state index contributed by atoms with van der Waals surface area (Å²) in [4.78, 5) is 26.8. The van der Waals surface area contributed by atoms with E-state index in [-0.39, 0.29) is 6.03 Å². The first-order valence-electron chi connectivity index (χ1n) is 6.45. The monoisotopic (exact) mass is 277 g/mol. The van der Waals surface area contributed by atoms with E-state index >= 15 is 0 Å². The van der Waals surface area contributed by atoms with Gasteiger partial charge in [0.15, 0.2) is 0 Å². The Kier molecular flexibility index (Phi) is 3.57. The van der Waals surface area contributed by atoms with Gasteiger partial charge in [-0.3, -0.25) is 4.90 Å². The fourth-order valence-corrected chi connectivity index (χ4v) is 1.92. The van der Waals surface area contributed by atoms with E-state index in [1.54, 1.807) is 45.0 Å². The molecule has 1 aromatic carbocycles. The van der Waals surface area contributed by atoms with Crippen LogP contribution in [0.25, 0.3) is 0 Å². The summed E-state index contributed by atoms with van der Waals surface area (Å²) < 4.78 is 5.21. The summed E-state index contributed by atoms with van der Waals surface area (Å²) in [5.74, 6) is 0. The molecule has 6 nitrogen and oxygen atoms in total. The Labute approximate surface area is 118 Å². The van der Waals surface area contributed by atoms with Gasteiger partial charge in [0.25, 0.3) is 0 Å². The smallest absolute Gasteiger partial charge is 0.418 e. The third-order valence-corrected chi connectivity index (χ3v) is 2.83. The molecule has 0 spiro atoms. The Morgan fingerprint density at radius 1 is 1.20 bits per heavy atom. The number of nitrogens with zero attached hydrogens (tertiary/aromatic N) is 2. The average molecular weight is 277 g/mol. The molecule has 0 aromatic heterocycles. The predicted octanol–water partition coefficient (Wildman–Crippen LogP) is 2.45. The lowest BCUT2D eigenvalue weighted by Gasteiger charge is -2.23. The summed E-state index contributed by atoms with van der Waals surface area (Å²) in [5.41, 5.74) is 6.34. The van der Waals surface area contributed by atoms with Gasteiger partial charge in [-0.15, -0.1) is 0 Å². The molecule has 1 aromatic rings. The number of anilines is 2. The average Bonchev–Trinajstić information content (AvgIpc) is 2.70. The number of imide groups is 1. The van der Waals surface area contributed by atoms with Gasteiger partial charge in [-0.25, -0.2) is 14.5 Å². The number of amides is 3. The number of ether oxygens (including phenoxy) is 1. The molecule has 0 saturated carbocycles. The summed E-state index contributed by atoms with van der Waals surface area (Å²) in [7, 11) is 0. The minimum absolute atomic E-state index is 0.318. The van der Waals surface area contributed by atoms with Gasteiger partial charge in [-0.2, -0.15) is 0 Å². The van der Waals surface area contributed by atoms with Crippen molar-refractivity contribution in [2.75, 3.05) is 23.7 Å². The molecule has 2 rings (SSSR count). The highest BCUT2D eigenvalue weighted by molar-refractivity contribution is 6.02. The van der Waals surface area contributed by atoms with E-state index < -0.39 is 11.7 Å². The number of carbonyl (C=O) groups is 2. The minimum atomic E-state index is -0.619. The largest absolute Gasteiger partial charge is 0.443 e. The molecule has 108 valence electrons. The summed E-state index contributed by atoms with van der Waals surface area (Å²) >= 11 is 0. The van der Waals surface area contributed by atoms with Crippen LogP contribution < -0.4 is 10.6 Å². The van der Waals surface area contributed by atoms with Gasteiger partial charge in [0.2, 0.25) is 0 Å². The van der Waals surface area contributed by atoms with Crippen molar-refractivity contribution in [3.63, 3.8) is 0 Å². The summed E-state index contributed by atoms with van der Waals surface area (Å²) in [5, 5.41) is 0. The molecule has 1 saturated heterocycles. The molecule has 2 N–H and O–H groups in total. The first kappa shape index (κ1) is 14.2. The van der Waals surface area contributed by atoms with Crippen LogP contribution in [0.4, 0.5) is 21.0 Å². The molecule has 0 unspecified atom stereocenters. The van der Waals surface area contributed by atoms with E-state index in [0.29, 0.717) is 18.8 Å². The molecular formula is C14H19N3O3. The molecule has 1 fully saturated rings. The van der Waals surface area contributed by atoms with Gasteiger partial charge in [0, 0.05) is 17.9 Å². The van der Waals surface area contributed by atoms with Gasteiger partial charge in [-0.1, -0.05) is 0 Å². The van der Waals surface area contributed by atoms with E-state index in [1.165, 1.54) is 4.90 Å². The first-order valence-corrected chi connectivity index (χ1v) is 6.45. The van der Waals surface area contributed by atoms with Crippen molar-refractivity contribution < 1.29 is 14.3 Å². The molecule has 1 aliphatic heterocycles. The lowest BCUT2D eigenvalue weighted by molar-refractivity contribution is 0.0354.